The highest BCUT2D eigenvalue weighted by Gasteiger charge is 2.21. The Morgan fingerprint density at radius 3 is 2.71 bits per heavy atom. The second-order valence-electron chi connectivity index (χ2n) is 4.91. The summed E-state index contributed by atoms with van der Waals surface area (Å²) in [7, 11) is -4.32. The monoisotopic (exact) mass is 347 g/mol. The molecule has 8 heteroatoms. The van der Waals surface area contributed by atoms with Crippen molar-refractivity contribution in [2.24, 2.45) is 5.10 Å². The van der Waals surface area contributed by atoms with Crippen LogP contribution in [0.15, 0.2) is 52.5 Å². The first-order valence-corrected chi connectivity index (χ1v) is 8.24. The number of aryl methyl sites for hydroxylation is 1. The predicted octanol–water partition coefficient (Wildman–Crippen LogP) is 3.16. The number of hydrogen-bond donors (Lipinski definition) is 1. The van der Waals surface area contributed by atoms with Gasteiger partial charge in [0.05, 0.1) is 17.3 Å². The van der Waals surface area contributed by atoms with Crippen molar-refractivity contribution >= 4 is 21.7 Å². The van der Waals surface area contributed by atoms with E-state index in [2.05, 4.69) is 10.5 Å². The number of hydrazone groups is 1. The largest absolute Gasteiger partial charge is 0.362 e. The maximum Gasteiger partial charge on any atom is 0.343 e. The third-order valence-electron chi connectivity index (χ3n) is 2.92. The fraction of sp³-hybridized carbons (Fsp3) is 0.125. The summed E-state index contributed by atoms with van der Waals surface area (Å²) in [6.45, 7) is 2.96. The lowest BCUT2D eigenvalue weighted by Crippen LogP contribution is -2.13. The summed E-state index contributed by atoms with van der Waals surface area (Å²) in [5.41, 5.74) is 4.07. The van der Waals surface area contributed by atoms with Crippen molar-refractivity contribution in [2.45, 2.75) is 18.7 Å². The van der Waals surface area contributed by atoms with Crippen LogP contribution >= 0.6 is 0 Å². The molecule has 2 rings (SSSR count). The average Bonchev–Trinajstić information content (AvgIpc) is 2.52. The molecule has 2 aromatic carbocycles. The van der Waals surface area contributed by atoms with E-state index in [1.54, 1.807) is 25.1 Å². The molecule has 2 aromatic rings. The van der Waals surface area contributed by atoms with Gasteiger partial charge in [-0.15, -0.1) is 5.10 Å². The second kappa shape index (κ2) is 7.10. The molecule has 0 bridgehead atoms. The highest BCUT2D eigenvalue weighted by Crippen LogP contribution is 2.18. The predicted molar refractivity (Wildman–Crippen MR) is 87.3 cm³/mol. The van der Waals surface area contributed by atoms with Crippen LogP contribution < -0.4 is 5.43 Å². The molecule has 0 spiro atoms. The molecule has 0 radical (unpaired) electrons. The molecule has 0 aromatic heterocycles. The summed E-state index contributed by atoms with van der Waals surface area (Å²) in [5.74, 6) is -1.12. The normalized spacial score (nSPS) is 11.7. The molecule has 0 aliphatic heterocycles. The molecule has 124 valence electrons. The Morgan fingerprint density at radius 1 is 1.29 bits per heavy atom. The van der Waals surface area contributed by atoms with Crippen LogP contribution in [-0.4, -0.2) is 14.3 Å². The minimum Gasteiger partial charge on any atom is -0.362 e. The first-order valence-electron chi connectivity index (χ1n) is 6.83. The van der Waals surface area contributed by atoms with Gasteiger partial charge in [0.1, 0.15) is 10.7 Å². The van der Waals surface area contributed by atoms with E-state index < -0.39 is 20.8 Å². The number of nitrogens with one attached hydrogen (secondary N) is 1. The van der Waals surface area contributed by atoms with Crippen molar-refractivity contribution in [2.75, 3.05) is 5.43 Å². The summed E-state index contributed by atoms with van der Waals surface area (Å²) in [6, 6.07) is 12.1. The molecule has 6 nitrogen and oxygen atoms in total. The average molecular weight is 347 g/mol. The zero-order valence-electron chi connectivity index (χ0n) is 12.9. The Bertz CT molecular complexity index is 934. The standard InChI is InChI=1S/C16H14FN3O3S/c1-11-6-7-16(15(17)8-11)24(21,22)23-12(2)19-20-14-5-3-4-13(9-14)10-18/h3-9,20H,1-2H3. The van der Waals surface area contributed by atoms with Gasteiger partial charge in [0, 0.05) is 6.92 Å². The Balaban J connectivity index is 2.15. The van der Waals surface area contributed by atoms with E-state index in [4.69, 9.17) is 9.44 Å². The van der Waals surface area contributed by atoms with Gasteiger partial charge in [0.25, 0.3) is 0 Å². The zero-order valence-corrected chi connectivity index (χ0v) is 13.8. The Kier molecular flexibility index (Phi) is 5.16. The smallest absolute Gasteiger partial charge is 0.343 e. The maximum absolute atomic E-state index is 13.8. The molecular weight excluding hydrogens is 333 g/mol. The lowest BCUT2D eigenvalue weighted by molar-refractivity contribution is 0.470. The molecular formula is C16H14FN3O3S. The summed E-state index contributed by atoms with van der Waals surface area (Å²) in [6.07, 6.45) is 0. The van der Waals surface area contributed by atoms with Crippen LogP contribution in [0.5, 0.6) is 0 Å². The van der Waals surface area contributed by atoms with E-state index in [1.807, 2.05) is 6.07 Å². The highest BCUT2D eigenvalue weighted by molar-refractivity contribution is 7.87. The summed E-state index contributed by atoms with van der Waals surface area (Å²) in [5, 5.41) is 12.6. The Labute approximate surface area is 139 Å². The third kappa shape index (κ3) is 4.30. The first-order chi connectivity index (χ1) is 11.3. The van der Waals surface area contributed by atoms with Gasteiger partial charge in [-0.05, 0) is 42.8 Å². The topological polar surface area (TPSA) is 91.5 Å². The SMILES string of the molecule is CC(=NNc1cccc(C#N)c1)OS(=O)(=O)c1ccc(C)cc1F. The van der Waals surface area contributed by atoms with Gasteiger partial charge in [-0.25, -0.2) is 4.39 Å². The molecule has 1 N–H and O–H groups in total. The van der Waals surface area contributed by atoms with Gasteiger partial charge in [0.2, 0.25) is 5.90 Å². The quantitative estimate of drug-likeness (QED) is 0.397. The molecule has 0 amide bonds. The number of anilines is 1. The number of nitriles is 1. The van der Waals surface area contributed by atoms with Crippen LogP contribution in [-0.2, 0) is 14.3 Å². The molecule has 0 aliphatic rings. The second-order valence-corrected chi connectivity index (χ2v) is 6.42. The molecule has 0 aliphatic carbocycles. The minimum absolute atomic E-state index is 0.225. The fourth-order valence-corrected chi connectivity index (χ4v) is 2.81. The van der Waals surface area contributed by atoms with Crippen LogP contribution in [0.3, 0.4) is 0 Å². The van der Waals surface area contributed by atoms with Crippen molar-refractivity contribution < 1.29 is 17.0 Å². The number of nitrogens with zero attached hydrogens (tertiary/aromatic N) is 2. The van der Waals surface area contributed by atoms with Crippen molar-refractivity contribution in [3.63, 3.8) is 0 Å². The van der Waals surface area contributed by atoms with E-state index in [9.17, 15) is 12.8 Å². The van der Waals surface area contributed by atoms with Crippen molar-refractivity contribution in [1.29, 1.82) is 5.26 Å². The van der Waals surface area contributed by atoms with Gasteiger partial charge >= 0.3 is 10.1 Å². The molecule has 0 atom stereocenters. The van der Waals surface area contributed by atoms with E-state index in [0.29, 0.717) is 16.8 Å². The highest BCUT2D eigenvalue weighted by atomic mass is 32.2. The van der Waals surface area contributed by atoms with Crippen LogP contribution in [0.2, 0.25) is 0 Å². The van der Waals surface area contributed by atoms with E-state index >= 15 is 0 Å². The third-order valence-corrected chi connectivity index (χ3v) is 4.25. The molecule has 0 heterocycles. The van der Waals surface area contributed by atoms with Crippen LogP contribution in [0.1, 0.15) is 18.1 Å². The Hall–Kier alpha value is -2.92. The molecule has 0 saturated carbocycles. The summed E-state index contributed by atoms with van der Waals surface area (Å²) >= 11 is 0. The van der Waals surface area contributed by atoms with Crippen LogP contribution in [0.25, 0.3) is 0 Å². The van der Waals surface area contributed by atoms with Gasteiger partial charge in [0.15, 0.2) is 0 Å². The van der Waals surface area contributed by atoms with E-state index in [-0.39, 0.29) is 5.90 Å². The van der Waals surface area contributed by atoms with Crippen molar-refractivity contribution in [3.8, 4) is 6.07 Å². The van der Waals surface area contributed by atoms with Crippen LogP contribution in [0, 0.1) is 24.1 Å². The van der Waals surface area contributed by atoms with Crippen molar-refractivity contribution in [1.82, 2.24) is 0 Å². The summed E-state index contributed by atoms with van der Waals surface area (Å²) < 4.78 is 42.7. The van der Waals surface area contributed by atoms with Gasteiger partial charge in [-0.1, -0.05) is 12.1 Å². The summed E-state index contributed by atoms with van der Waals surface area (Å²) in [4.78, 5) is -0.561. The number of benzene rings is 2. The van der Waals surface area contributed by atoms with Gasteiger partial charge < -0.3 is 4.18 Å². The number of rotatable bonds is 4. The lowest BCUT2D eigenvalue weighted by Gasteiger charge is -2.08. The molecule has 0 fully saturated rings. The number of halogens is 1. The van der Waals surface area contributed by atoms with E-state index in [1.165, 1.54) is 19.1 Å². The molecule has 0 unspecified atom stereocenters. The minimum atomic E-state index is -4.32. The lowest BCUT2D eigenvalue weighted by atomic mass is 10.2. The van der Waals surface area contributed by atoms with Gasteiger partial charge in [-0.3, -0.25) is 5.43 Å². The van der Waals surface area contributed by atoms with Gasteiger partial charge in [-0.2, -0.15) is 13.7 Å². The maximum atomic E-state index is 13.8. The molecule has 24 heavy (non-hydrogen) atoms. The van der Waals surface area contributed by atoms with Crippen molar-refractivity contribution in [3.05, 3.63) is 59.4 Å². The van der Waals surface area contributed by atoms with E-state index in [0.717, 1.165) is 12.1 Å². The van der Waals surface area contributed by atoms with Crippen LogP contribution in [0.4, 0.5) is 10.1 Å². The first kappa shape index (κ1) is 17.4. The Morgan fingerprint density at radius 2 is 2.04 bits per heavy atom. The zero-order chi connectivity index (χ0) is 17.7. The fourth-order valence-electron chi connectivity index (χ4n) is 1.83. The molecule has 0 saturated heterocycles. The number of hydrogen-bond acceptors (Lipinski definition) is 6.